The van der Waals surface area contributed by atoms with E-state index >= 15 is 0 Å². The van der Waals surface area contributed by atoms with Crippen molar-refractivity contribution in [2.45, 2.75) is 38.3 Å². The van der Waals surface area contributed by atoms with Gasteiger partial charge >= 0.3 is 22.4 Å². The summed E-state index contributed by atoms with van der Waals surface area (Å²) in [5.41, 5.74) is 0.926. The van der Waals surface area contributed by atoms with E-state index < -0.39 is 28.4 Å². The second kappa shape index (κ2) is 7.96. The molecule has 1 aromatic carbocycles. The highest BCUT2D eigenvalue weighted by Crippen LogP contribution is 2.46. The maximum absolute atomic E-state index is 13.0. The van der Waals surface area contributed by atoms with Crippen molar-refractivity contribution in [3.05, 3.63) is 35.9 Å². The van der Waals surface area contributed by atoms with Crippen LogP contribution in [-0.2, 0) is 14.9 Å². The third kappa shape index (κ3) is 4.22. The van der Waals surface area contributed by atoms with E-state index in [-0.39, 0.29) is 38.2 Å². The molecule has 1 aromatic rings. The van der Waals surface area contributed by atoms with Crippen molar-refractivity contribution in [3.8, 4) is 0 Å². The molecule has 0 radical (unpaired) electrons. The first-order valence-corrected chi connectivity index (χ1v) is 10.6. The number of benzene rings is 1. The highest BCUT2D eigenvalue weighted by molar-refractivity contribution is 7.87. The monoisotopic (exact) mass is 411 g/mol. The smallest absolute Gasteiger partial charge is 0.422 e. The van der Waals surface area contributed by atoms with Crippen LogP contribution in [0.1, 0.15) is 31.7 Å². The molecule has 1 heterocycles. The lowest BCUT2D eigenvalue weighted by atomic mass is 10.1. The summed E-state index contributed by atoms with van der Waals surface area (Å²) in [6.07, 6.45) is -1.77. The van der Waals surface area contributed by atoms with Gasteiger partial charge in [-0.15, -0.1) is 0 Å². The lowest BCUT2D eigenvalue weighted by molar-refractivity contribution is 0.0658. The summed E-state index contributed by atoms with van der Waals surface area (Å²) in [5.74, 6) is -0.130. The molecule has 1 saturated carbocycles. The topological polar surface area (TPSA) is 107 Å². The molecule has 9 nitrogen and oxygen atoms in total. The summed E-state index contributed by atoms with van der Waals surface area (Å²) in [6, 6.07) is 8.69. The van der Waals surface area contributed by atoms with Crippen LogP contribution < -0.4 is 0 Å². The average Bonchev–Trinajstić information content (AvgIpc) is 3.41. The number of carboxylic acid groups (broad SMARTS) is 1. The predicted molar refractivity (Wildman–Crippen MR) is 101 cm³/mol. The fourth-order valence-electron chi connectivity index (χ4n) is 3.41. The number of piperazine rings is 1. The van der Waals surface area contributed by atoms with E-state index in [9.17, 15) is 23.1 Å². The predicted octanol–water partition coefficient (Wildman–Crippen LogP) is 1.93. The third-order valence-corrected chi connectivity index (χ3v) is 6.82. The maximum atomic E-state index is 13.0. The third-order valence-electron chi connectivity index (χ3n) is 4.88. The van der Waals surface area contributed by atoms with Crippen molar-refractivity contribution in [2.75, 3.05) is 26.2 Å². The van der Waals surface area contributed by atoms with Crippen LogP contribution in [0.2, 0.25) is 0 Å². The van der Waals surface area contributed by atoms with Crippen molar-refractivity contribution in [1.82, 2.24) is 13.5 Å². The Balaban J connectivity index is 1.67. The summed E-state index contributed by atoms with van der Waals surface area (Å²) < 4.78 is 32.8. The average molecular weight is 411 g/mol. The molecule has 2 atom stereocenters. The molecular formula is C18H25N3O6S. The molecule has 154 valence electrons. The van der Waals surface area contributed by atoms with Crippen LogP contribution in [0.15, 0.2) is 30.3 Å². The molecule has 2 unspecified atom stereocenters. The number of ether oxygens (including phenoxy) is 1. The van der Waals surface area contributed by atoms with Gasteiger partial charge in [-0.2, -0.15) is 17.0 Å². The van der Waals surface area contributed by atoms with Crippen LogP contribution in [0.3, 0.4) is 0 Å². The number of carbonyl (C=O) groups is 2. The number of hydrogen-bond donors (Lipinski definition) is 1. The van der Waals surface area contributed by atoms with Crippen LogP contribution in [-0.4, -0.2) is 77.5 Å². The van der Waals surface area contributed by atoms with E-state index in [1.807, 2.05) is 30.3 Å². The van der Waals surface area contributed by atoms with Gasteiger partial charge in [0.1, 0.15) is 0 Å². The van der Waals surface area contributed by atoms with Crippen molar-refractivity contribution >= 4 is 22.4 Å². The van der Waals surface area contributed by atoms with Crippen LogP contribution in [0, 0.1) is 0 Å². The molecule has 28 heavy (non-hydrogen) atoms. The molecule has 0 bridgehead atoms. The second-order valence-electron chi connectivity index (χ2n) is 7.23. The summed E-state index contributed by atoms with van der Waals surface area (Å²) in [4.78, 5) is 25.2. The van der Waals surface area contributed by atoms with E-state index in [0.29, 0.717) is 10.7 Å². The molecule has 1 N–H and O–H groups in total. The number of amides is 2. The molecule has 1 aliphatic heterocycles. The summed E-state index contributed by atoms with van der Waals surface area (Å²) in [7, 11) is -4.18. The van der Waals surface area contributed by atoms with Crippen LogP contribution in [0.25, 0.3) is 0 Å². The SMILES string of the molecule is CC(C)OC(=O)N1CCN(S(=O)(=O)N(C(=O)O)C2CC2c2ccccc2)CC1. The van der Waals surface area contributed by atoms with Gasteiger partial charge in [0.25, 0.3) is 0 Å². The summed E-state index contributed by atoms with van der Waals surface area (Å²) in [6.45, 7) is 3.85. The molecule has 1 saturated heterocycles. The second-order valence-corrected chi connectivity index (χ2v) is 9.03. The number of rotatable bonds is 5. The number of nitrogens with zero attached hydrogens (tertiary/aromatic N) is 3. The summed E-state index contributed by atoms with van der Waals surface area (Å²) in [5, 5.41) is 9.59. The van der Waals surface area contributed by atoms with E-state index in [1.165, 1.54) is 4.90 Å². The Morgan fingerprint density at radius 1 is 1.14 bits per heavy atom. The zero-order valence-electron chi connectivity index (χ0n) is 15.9. The fraction of sp³-hybridized carbons (Fsp3) is 0.556. The molecule has 2 fully saturated rings. The molecule has 1 aliphatic carbocycles. The van der Waals surface area contributed by atoms with E-state index in [4.69, 9.17) is 4.74 Å². The first kappa shape index (κ1) is 20.4. The lowest BCUT2D eigenvalue weighted by Crippen LogP contribution is -2.55. The first-order valence-electron chi connectivity index (χ1n) is 9.24. The Labute approximate surface area is 164 Å². The molecule has 10 heteroatoms. The minimum absolute atomic E-state index is 0.0298. The van der Waals surface area contributed by atoms with E-state index in [0.717, 1.165) is 9.87 Å². The van der Waals surface area contributed by atoms with E-state index in [1.54, 1.807) is 13.8 Å². The summed E-state index contributed by atoms with van der Waals surface area (Å²) >= 11 is 0. The van der Waals surface area contributed by atoms with Gasteiger partial charge in [0.15, 0.2) is 0 Å². The normalized spacial score (nSPS) is 22.8. The largest absolute Gasteiger partial charge is 0.464 e. The maximum Gasteiger partial charge on any atom is 0.422 e. The molecule has 0 spiro atoms. The van der Waals surface area contributed by atoms with Crippen LogP contribution >= 0.6 is 0 Å². The van der Waals surface area contributed by atoms with Gasteiger partial charge in [-0.3, -0.25) is 0 Å². The van der Waals surface area contributed by atoms with Gasteiger partial charge in [-0.05, 0) is 25.8 Å². The van der Waals surface area contributed by atoms with E-state index in [2.05, 4.69) is 0 Å². The Kier molecular flexibility index (Phi) is 5.80. The highest BCUT2D eigenvalue weighted by atomic mass is 32.2. The fourth-order valence-corrected chi connectivity index (χ4v) is 5.06. The molecular weight excluding hydrogens is 386 g/mol. The molecule has 0 aromatic heterocycles. The van der Waals surface area contributed by atoms with Gasteiger partial charge in [0.05, 0.1) is 12.1 Å². The standard InChI is InChI=1S/C18H25N3O6S/c1-13(2)27-18(24)19-8-10-20(11-9-19)28(25,26)21(17(22)23)16-12-15(16)14-6-4-3-5-7-14/h3-7,13,15-16H,8-12H2,1-2H3,(H,22,23). The Hall–Kier alpha value is -2.33. The quantitative estimate of drug-likeness (QED) is 0.793. The molecule has 2 amide bonds. The highest BCUT2D eigenvalue weighted by Gasteiger charge is 2.52. The van der Waals surface area contributed by atoms with Crippen LogP contribution in [0.5, 0.6) is 0 Å². The Morgan fingerprint density at radius 3 is 2.29 bits per heavy atom. The zero-order chi connectivity index (χ0) is 20.5. The van der Waals surface area contributed by atoms with Gasteiger partial charge in [-0.25, -0.2) is 9.59 Å². The molecule has 2 aliphatic rings. The van der Waals surface area contributed by atoms with Gasteiger partial charge < -0.3 is 14.7 Å². The van der Waals surface area contributed by atoms with Crippen molar-refractivity contribution in [1.29, 1.82) is 0 Å². The van der Waals surface area contributed by atoms with Crippen molar-refractivity contribution in [2.24, 2.45) is 0 Å². The number of hydrogen-bond acceptors (Lipinski definition) is 5. The minimum atomic E-state index is -4.18. The van der Waals surface area contributed by atoms with Crippen LogP contribution in [0.4, 0.5) is 9.59 Å². The van der Waals surface area contributed by atoms with Gasteiger partial charge in [0.2, 0.25) is 0 Å². The Morgan fingerprint density at radius 2 is 1.75 bits per heavy atom. The van der Waals surface area contributed by atoms with Crippen molar-refractivity contribution < 1.29 is 27.9 Å². The van der Waals surface area contributed by atoms with Gasteiger partial charge in [0, 0.05) is 32.1 Å². The van der Waals surface area contributed by atoms with Gasteiger partial charge in [-0.1, -0.05) is 30.3 Å². The minimum Gasteiger partial charge on any atom is -0.464 e. The Bertz CT molecular complexity index is 821. The zero-order valence-corrected chi connectivity index (χ0v) is 16.7. The first-order chi connectivity index (χ1) is 13.2. The lowest BCUT2D eigenvalue weighted by Gasteiger charge is -2.35. The number of carbonyl (C=O) groups excluding carboxylic acids is 1. The van der Waals surface area contributed by atoms with Crippen molar-refractivity contribution in [3.63, 3.8) is 0 Å². The molecule has 3 rings (SSSR count).